The van der Waals surface area contributed by atoms with Gasteiger partial charge in [-0.25, -0.2) is 4.39 Å². The number of halogens is 2. The van der Waals surface area contributed by atoms with Gasteiger partial charge >= 0.3 is 0 Å². The highest BCUT2D eigenvalue weighted by molar-refractivity contribution is 9.10. The summed E-state index contributed by atoms with van der Waals surface area (Å²) in [7, 11) is 0. The highest BCUT2D eigenvalue weighted by Gasteiger charge is 2.12. The number of benzene rings is 2. The summed E-state index contributed by atoms with van der Waals surface area (Å²) in [6.07, 6.45) is -0.752. The molecule has 102 valence electrons. The predicted molar refractivity (Wildman–Crippen MR) is 76.0 cm³/mol. The maximum absolute atomic E-state index is 13.5. The van der Waals surface area contributed by atoms with Crippen molar-refractivity contribution in [1.29, 1.82) is 5.26 Å². The zero-order valence-corrected chi connectivity index (χ0v) is 12.2. The lowest BCUT2D eigenvalue weighted by Crippen LogP contribution is -1.97. The van der Waals surface area contributed by atoms with E-state index >= 15 is 0 Å². The molecule has 0 fully saturated rings. The molecule has 0 bridgehead atoms. The van der Waals surface area contributed by atoms with Crippen LogP contribution < -0.4 is 4.74 Å². The molecule has 0 unspecified atom stereocenters. The van der Waals surface area contributed by atoms with Crippen LogP contribution in [0.15, 0.2) is 40.9 Å². The molecule has 0 heterocycles. The van der Waals surface area contributed by atoms with Crippen LogP contribution in [0.2, 0.25) is 0 Å². The van der Waals surface area contributed by atoms with Crippen molar-refractivity contribution in [3.63, 3.8) is 0 Å². The molecule has 0 radical (unpaired) electrons. The predicted octanol–water partition coefficient (Wildman–Crippen LogP) is 4.31. The van der Waals surface area contributed by atoms with Gasteiger partial charge in [-0.2, -0.15) is 5.26 Å². The SMILES string of the molecule is C[C@@H](O)c1ccc(C#N)cc1Oc1ccc(Br)c(F)c1. The number of hydrogen-bond acceptors (Lipinski definition) is 3. The van der Waals surface area contributed by atoms with Gasteiger partial charge < -0.3 is 9.84 Å². The van der Waals surface area contributed by atoms with E-state index in [4.69, 9.17) is 10.00 Å². The lowest BCUT2D eigenvalue weighted by Gasteiger charge is -2.13. The molecule has 0 saturated heterocycles. The van der Waals surface area contributed by atoms with Gasteiger partial charge in [0.2, 0.25) is 0 Å². The van der Waals surface area contributed by atoms with Gasteiger partial charge in [0.25, 0.3) is 0 Å². The van der Waals surface area contributed by atoms with Crippen molar-refractivity contribution in [2.24, 2.45) is 0 Å². The fourth-order valence-corrected chi connectivity index (χ4v) is 1.95. The van der Waals surface area contributed by atoms with Crippen molar-refractivity contribution in [2.75, 3.05) is 0 Å². The molecule has 2 aromatic rings. The molecule has 0 aliphatic heterocycles. The van der Waals surface area contributed by atoms with Crippen molar-refractivity contribution < 1.29 is 14.2 Å². The summed E-state index contributed by atoms with van der Waals surface area (Å²) in [6.45, 7) is 1.59. The van der Waals surface area contributed by atoms with Gasteiger partial charge in [0.05, 0.1) is 22.2 Å². The number of ether oxygens (including phenoxy) is 1. The van der Waals surface area contributed by atoms with E-state index in [1.54, 1.807) is 25.1 Å². The zero-order chi connectivity index (χ0) is 14.7. The number of nitrogens with zero attached hydrogens (tertiary/aromatic N) is 1. The summed E-state index contributed by atoms with van der Waals surface area (Å²) < 4.78 is 19.4. The van der Waals surface area contributed by atoms with Crippen molar-refractivity contribution >= 4 is 15.9 Å². The Labute approximate surface area is 124 Å². The lowest BCUT2D eigenvalue weighted by molar-refractivity contribution is 0.195. The van der Waals surface area contributed by atoms with Gasteiger partial charge in [0.1, 0.15) is 17.3 Å². The van der Waals surface area contributed by atoms with Crippen LogP contribution >= 0.6 is 15.9 Å². The Kier molecular flexibility index (Phi) is 4.38. The Hall–Kier alpha value is -1.90. The van der Waals surface area contributed by atoms with E-state index in [0.717, 1.165) is 0 Å². The molecule has 0 amide bonds. The molecular weight excluding hydrogens is 325 g/mol. The summed E-state index contributed by atoms with van der Waals surface area (Å²) in [5, 5.41) is 18.6. The first-order valence-electron chi connectivity index (χ1n) is 5.86. The molecule has 0 spiro atoms. The number of aliphatic hydroxyl groups excluding tert-OH is 1. The summed E-state index contributed by atoms with van der Waals surface area (Å²) >= 11 is 3.06. The average molecular weight is 336 g/mol. The summed E-state index contributed by atoms with van der Waals surface area (Å²) in [6, 6.07) is 11.1. The number of rotatable bonds is 3. The van der Waals surface area contributed by atoms with Gasteiger partial charge in [-0.3, -0.25) is 0 Å². The molecule has 1 N–H and O–H groups in total. The first kappa shape index (κ1) is 14.5. The fraction of sp³-hybridized carbons (Fsp3) is 0.133. The minimum absolute atomic E-state index is 0.294. The molecule has 20 heavy (non-hydrogen) atoms. The standard InChI is InChI=1S/C15H11BrFNO2/c1-9(19)12-4-2-10(8-18)6-15(12)20-11-3-5-13(16)14(17)7-11/h2-7,9,19H,1H3/t9-/m1/s1. The number of hydrogen-bond donors (Lipinski definition) is 1. The Morgan fingerprint density at radius 1 is 1.30 bits per heavy atom. The van der Waals surface area contributed by atoms with Crippen LogP contribution in [-0.4, -0.2) is 5.11 Å². The molecule has 1 atom stereocenters. The molecule has 0 aliphatic rings. The second kappa shape index (κ2) is 6.04. The van der Waals surface area contributed by atoms with Crippen molar-refractivity contribution in [3.8, 4) is 17.6 Å². The highest BCUT2D eigenvalue weighted by atomic mass is 79.9. The lowest BCUT2D eigenvalue weighted by atomic mass is 10.1. The van der Waals surface area contributed by atoms with Crippen molar-refractivity contribution in [1.82, 2.24) is 0 Å². The molecule has 2 rings (SSSR count). The summed E-state index contributed by atoms with van der Waals surface area (Å²) in [5.74, 6) is 0.181. The van der Waals surface area contributed by atoms with Crippen LogP contribution in [0, 0.1) is 17.1 Å². The third-order valence-corrected chi connectivity index (χ3v) is 3.35. The second-order valence-electron chi connectivity index (χ2n) is 4.22. The van der Waals surface area contributed by atoms with E-state index in [1.165, 1.54) is 18.2 Å². The Balaban J connectivity index is 2.40. The van der Waals surface area contributed by atoms with E-state index in [0.29, 0.717) is 27.1 Å². The van der Waals surface area contributed by atoms with Crippen LogP contribution in [0.1, 0.15) is 24.2 Å². The molecule has 3 nitrogen and oxygen atoms in total. The zero-order valence-electron chi connectivity index (χ0n) is 10.6. The first-order valence-corrected chi connectivity index (χ1v) is 6.65. The molecule has 2 aromatic carbocycles. The van der Waals surface area contributed by atoms with E-state index in [1.807, 2.05) is 6.07 Å². The summed E-state index contributed by atoms with van der Waals surface area (Å²) in [5.41, 5.74) is 0.939. The normalized spacial score (nSPS) is 11.8. The van der Waals surface area contributed by atoms with Crippen LogP contribution in [0.4, 0.5) is 4.39 Å². The second-order valence-corrected chi connectivity index (χ2v) is 5.07. The molecule has 0 aliphatic carbocycles. The Morgan fingerprint density at radius 2 is 2.05 bits per heavy atom. The molecule has 0 saturated carbocycles. The minimum atomic E-state index is -0.752. The van der Waals surface area contributed by atoms with Crippen LogP contribution in [-0.2, 0) is 0 Å². The van der Waals surface area contributed by atoms with Gasteiger partial charge in [-0.05, 0) is 47.1 Å². The quantitative estimate of drug-likeness (QED) is 0.909. The third kappa shape index (κ3) is 3.16. The molecular formula is C15H11BrFNO2. The van der Waals surface area contributed by atoms with Gasteiger partial charge in [0.15, 0.2) is 0 Å². The fourth-order valence-electron chi connectivity index (χ4n) is 1.70. The largest absolute Gasteiger partial charge is 0.457 e. The first-order chi connectivity index (χ1) is 9.51. The Morgan fingerprint density at radius 3 is 2.65 bits per heavy atom. The van der Waals surface area contributed by atoms with Gasteiger partial charge in [0, 0.05) is 11.6 Å². The smallest absolute Gasteiger partial charge is 0.141 e. The Bertz CT molecular complexity index is 680. The van der Waals surface area contributed by atoms with Crippen molar-refractivity contribution in [2.45, 2.75) is 13.0 Å². The average Bonchev–Trinajstić information content (AvgIpc) is 2.42. The molecule has 0 aromatic heterocycles. The maximum Gasteiger partial charge on any atom is 0.141 e. The van der Waals surface area contributed by atoms with E-state index in [9.17, 15) is 9.50 Å². The maximum atomic E-state index is 13.5. The number of nitriles is 1. The third-order valence-electron chi connectivity index (χ3n) is 2.71. The van der Waals surface area contributed by atoms with Crippen molar-refractivity contribution in [3.05, 3.63) is 57.8 Å². The molecule has 5 heteroatoms. The van der Waals surface area contributed by atoms with Crippen LogP contribution in [0.3, 0.4) is 0 Å². The summed E-state index contributed by atoms with van der Waals surface area (Å²) in [4.78, 5) is 0. The minimum Gasteiger partial charge on any atom is -0.457 e. The monoisotopic (exact) mass is 335 g/mol. The highest BCUT2D eigenvalue weighted by Crippen LogP contribution is 2.32. The van der Waals surface area contributed by atoms with Crippen LogP contribution in [0.5, 0.6) is 11.5 Å². The number of aliphatic hydroxyl groups is 1. The van der Waals surface area contributed by atoms with Gasteiger partial charge in [-0.15, -0.1) is 0 Å². The van der Waals surface area contributed by atoms with E-state index in [-0.39, 0.29) is 0 Å². The topological polar surface area (TPSA) is 53.2 Å². The van der Waals surface area contributed by atoms with E-state index < -0.39 is 11.9 Å². The van der Waals surface area contributed by atoms with E-state index in [2.05, 4.69) is 15.9 Å². The van der Waals surface area contributed by atoms with Crippen LogP contribution in [0.25, 0.3) is 0 Å². The van der Waals surface area contributed by atoms with Gasteiger partial charge in [-0.1, -0.05) is 6.07 Å².